The van der Waals surface area contributed by atoms with Gasteiger partial charge in [-0.3, -0.25) is 0 Å². The number of hydrogen-bond donors (Lipinski definition) is 0. The molecular formula is C19H14ClF3N4. The Hall–Kier alpha value is -2.80. The summed E-state index contributed by atoms with van der Waals surface area (Å²) in [6, 6.07) is 7.81. The normalized spacial score (nSPS) is 11.6. The van der Waals surface area contributed by atoms with Crippen LogP contribution >= 0.6 is 11.6 Å². The van der Waals surface area contributed by atoms with E-state index in [1.165, 1.54) is 29.1 Å². The average molecular weight is 391 g/mol. The lowest BCUT2D eigenvalue weighted by Crippen LogP contribution is -2.07. The maximum absolute atomic E-state index is 13.5. The third-order valence-corrected chi connectivity index (χ3v) is 4.62. The van der Waals surface area contributed by atoms with Gasteiger partial charge in [0.2, 0.25) is 0 Å². The Kier molecular flexibility index (Phi) is 4.39. The standard InChI is InChI=1S/C19H14ClF3N4/c1-11-7-24-17-5-3-13(8-27(11)17)19-18(25-10-26(19)9-16(22)23)12-2-4-15(21)14(20)6-12/h2-8,10,16H,9H2,1H3. The predicted molar refractivity (Wildman–Crippen MR) is 97.6 cm³/mol. The van der Waals surface area contributed by atoms with Crippen molar-refractivity contribution < 1.29 is 13.2 Å². The van der Waals surface area contributed by atoms with Crippen LogP contribution in [0.4, 0.5) is 13.2 Å². The zero-order valence-electron chi connectivity index (χ0n) is 14.2. The van der Waals surface area contributed by atoms with Crippen LogP contribution in [0.5, 0.6) is 0 Å². The van der Waals surface area contributed by atoms with Gasteiger partial charge in [-0.05, 0) is 37.3 Å². The molecule has 0 saturated carbocycles. The first-order valence-electron chi connectivity index (χ1n) is 8.17. The number of hydrogen-bond acceptors (Lipinski definition) is 2. The molecule has 4 aromatic rings. The molecule has 0 amide bonds. The maximum Gasteiger partial charge on any atom is 0.256 e. The van der Waals surface area contributed by atoms with Gasteiger partial charge in [0.1, 0.15) is 11.5 Å². The fraction of sp³-hybridized carbons (Fsp3) is 0.158. The van der Waals surface area contributed by atoms with Crippen molar-refractivity contribution in [3.8, 4) is 22.5 Å². The Morgan fingerprint density at radius 3 is 2.63 bits per heavy atom. The van der Waals surface area contributed by atoms with E-state index in [9.17, 15) is 13.2 Å². The van der Waals surface area contributed by atoms with Crippen molar-refractivity contribution in [1.29, 1.82) is 0 Å². The average Bonchev–Trinajstić information content (AvgIpc) is 3.20. The lowest BCUT2D eigenvalue weighted by Gasteiger charge is -2.11. The molecule has 4 nitrogen and oxygen atoms in total. The summed E-state index contributed by atoms with van der Waals surface area (Å²) in [5, 5.41) is -0.0530. The van der Waals surface area contributed by atoms with E-state index in [1.807, 2.05) is 23.6 Å². The van der Waals surface area contributed by atoms with E-state index >= 15 is 0 Å². The number of halogens is 4. The monoisotopic (exact) mass is 390 g/mol. The highest BCUT2D eigenvalue weighted by Gasteiger charge is 2.19. The first kappa shape index (κ1) is 17.6. The van der Waals surface area contributed by atoms with Crippen LogP contribution < -0.4 is 0 Å². The van der Waals surface area contributed by atoms with Crippen LogP contribution in [0.1, 0.15) is 5.69 Å². The van der Waals surface area contributed by atoms with Gasteiger partial charge < -0.3 is 8.97 Å². The lowest BCUT2D eigenvalue weighted by molar-refractivity contribution is 0.127. The molecule has 4 rings (SSSR count). The molecular weight excluding hydrogens is 377 g/mol. The number of nitrogens with zero attached hydrogens (tertiary/aromatic N) is 4. The highest BCUT2D eigenvalue weighted by atomic mass is 35.5. The largest absolute Gasteiger partial charge is 0.324 e. The van der Waals surface area contributed by atoms with Crippen molar-refractivity contribution >= 4 is 17.2 Å². The SMILES string of the molecule is Cc1cnc2ccc(-c3c(-c4ccc(F)c(Cl)c4)ncn3CC(F)F)cn12. The first-order chi connectivity index (χ1) is 12.9. The predicted octanol–water partition coefficient (Wildman–Crippen LogP) is 5.23. The van der Waals surface area contributed by atoms with Crippen LogP contribution in [0.25, 0.3) is 28.2 Å². The van der Waals surface area contributed by atoms with E-state index < -0.39 is 18.8 Å². The summed E-state index contributed by atoms with van der Waals surface area (Å²) in [5.41, 5.74) is 3.87. The van der Waals surface area contributed by atoms with Gasteiger partial charge in [-0.1, -0.05) is 11.6 Å². The number of benzene rings is 1. The third-order valence-electron chi connectivity index (χ3n) is 4.33. The van der Waals surface area contributed by atoms with Gasteiger partial charge in [0.25, 0.3) is 6.43 Å². The second-order valence-electron chi connectivity index (χ2n) is 6.16. The van der Waals surface area contributed by atoms with Gasteiger partial charge >= 0.3 is 0 Å². The number of aromatic nitrogens is 4. The number of pyridine rings is 1. The molecule has 3 heterocycles. The van der Waals surface area contributed by atoms with Crippen molar-refractivity contribution in [3.05, 3.63) is 65.6 Å². The molecule has 8 heteroatoms. The molecule has 27 heavy (non-hydrogen) atoms. The minimum Gasteiger partial charge on any atom is -0.324 e. The van der Waals surface area contributed by atoms with Gasteiger partial charge in [0.15, 0.2) is 0 Å². The summed E-state index contributed by atoms with van der Waals surface area (Å²) in [6.45, 7) is 1.40. The minimum absolute atomic E-state index is 0.0530. The Morgan fingerprint density at radius 1 is 1.11 bits per heavy atom. The van der Waals surface area contributed by atoms with E-state index in [2.05, 4.69) is 9.97 Å². The molecule has 0 bridgehead atoms. The van der Waals surface area contributed by atoms with Gasteiger partial charge in [0, 0.05) is 29.2 Å². The van der Waals surface area contributed by atoms with Gasteiger partial charge in [-0.25, -0.2) is 23.1 Å². The summed E-state index contributed by atoms with van der Waals surface area (Å²) in [7, 11) is 0. The van der Waals surface area contributed by atoms with E-state index in [4.69, 9.17) is 11.6 Å². The van der Waals surface area contributed by atoms with Crippen LogP contribution in [0.3, 0.4) is 0 Å². The number of aryl methyl sites for hydroxylation is 1. The van der Waals surface area contributed by atoms with Crippen molar-refractivity contribution in [3.63, 3.8) is 0 Å². The van der Waals surface area contributed by atoms with Crippen LogP contribution in [0.2, 0.25) is 5.02 Å². The third kappa shape index (κ3) is 3.19. The molecule has 0 saturated heterocycles. The van der Waals surface area contributed by atoms with Crippen LogP contribution in [0, 0.1) is 12.7 Å². The highest BCUT2D eigenvalue weighted by molar-refractivity contribution is 6.31. The van der Waals surface area contributed by atoms with Gasteiger partial charge in [-0.15, -0.1) is 0 Å². The maximum atomic E-state index is 13.5. The van der Waals surface area contributed by atoms with E-state index in [0.29, 0.717) is 22.5 Å². The second kappa shape index (κ2) is 6.74. The number of alkyl halides is 2. The number of fused-ring (bicyclic) bond motifs is 1. The Morgan fingerprint density at radius 2 is 1.89 bits per heavy atom. The molecule has 0 radical (unpaired) electrons. The van der Waals surface area contributed by atoms with E-state index in [0.717, 1.165) is 11.3 Å². The summed E-state index contributed by atoms with van der Waals surface area (Å²) < 4.78 is 43.0. The number of rotatable bonds is 4. The molecule has 138 valence electrons. The van der Waals surface area contributed by atoms with Crippen LogP contribution in [0.15, 0.2) is 49.1 Å². The molecule has 3 aromatic heterocycles. The van der Waals surface area contributed by atoms with Crippen molar-refractivity contribution in [2.45, 2.75) is 19.9 Å². The quantitative estimate of drug-likeness (QED) is 0.478. The molecule has 0 atom stereocenters. The Bertz CT molecular complexity index is 1130. The van der Waals surface area contributed by atoms with Crippen LogP contribution in [-0.2, 0) is 6.54 Å². The molecule has 0 unspecified atom stereocenters. The van der Waals surface area contributed by atoms with Gasteiger partial charge in [-0.2, -0.15) is 0 Å². The fourth-order valence-corrected chi connectivity index (χ4v) is 3.25. The number of imidazole rings is 2. The highest BCUT2D eigenvalue weighted by Crippen LogP contribution is 2.33. The molecule has 0 aliphatic carbocycles. The van der Waals surface area contributed by atoms with E-state index in [1.54, 1.807) is 12.3 Å². The smallest absolute Gasteiger partial charge is 0.256 e. The van der Waals surface area contributed by atoms with Crippen molar-refractivity contribution in [2.75, 3.05) is 0 Å². The fourth-order valence-electron chi connectivity index (χ4n) is 3.07. The van der Waals surface area contributed by atoms with Crippen LogP contribution in [-0.4, -0.2) is 25.4 Å². The molecule has 0 spiro atoms. The summed E-state index contributed by atoms with van der Waals surface area (Å²) >= 11 is 5.90. The van der Waals surface area contributed by atoms with Gasteiger partial charge in [0.05, 0.1) is 29.3 Å². The second-order valence-corrected chi connectivity index (χ2v) is 6.57. The lowest BCUT2D eigenvalue weighted by atomic mass is 10.1. The molecule has 0 aliphatic rings. The first-order valence-corrected chi connectivity index (χ1v) is 8.54. The Labute approximate surface area is 157 Å². The summed E-state index contributed by atoms with van der Waals surface area (Å²) in [5.74, 6) is -0.551. The van der Waals surface area contributed by atoms with E-state index in [-0.39, 0.29) is 5.02 Å². The molecule has 0 fully saturated rings. The minimum atomic E-state index is -2.54. The molecule has 0 N–H and O–H groups in total. The summed E-state index contributed by atoms with van der Waals surface area (Å²) in [4.78, 5) is 8.58. The van der Waals surface area contributed by atoms with Crippen molar-refractivity contribution in [2.24, 2.45) is 0 Å². The molecule has 1 aromatic carbocycles. The zero-order valence-corrected chi connectivity index (χ0v) is 15.0. The Balaban J connectivity index is 1.93. The zero-order chi connectivity index (χ0) is 19.1. The summed E-state index contributed by atoms with van der Waals surface area (Å²) in [6.07, 6.45) is 2.38. The topological polar surface area (TPSA) is 35.1 Å². The van der Waals surface area contributed by atoms with Crippen molar-refractivity contribution in [1.82, 2.24) is 18.9 Å². The molecule has 0 aliphatic heterocycles.